The standard InChI is InChI=1S/C18H30O3/c1-2-3-10-13-16-17(21-16)14-11-8-6-4-5-7-9-12-15-18(19)20/h7,9,12,15-17H,2-6,8,10-11,13-14H2,1H3,(H,19,20). The van der Waals surface area contributed by atoms with Gasteiger partial charge in [0.25, 0.3) is 0 Å². The minimum atomic E-state index is -0.894. The topological polar surface area (TPSA) is 49.8 Å². The Hall–Kier alpha value is -1.09. The van der Waals surface area contributed by atoms with Gasteiger partial charge in [-0.2, -0.15) is 0 Å². The molecule has 1 aliphatic heterocycles. The summed E-state index contributed by atoms with van der Waals surface area (Å²) in [6.07, 6.45) is 20.2. The number of carboxylic acids is 1. The summed E-state index contributed by atoms with van der Waals surface area (Å²) in [5, 5.41) is 8.41. The van der Waals surface area contributed by atoms with Gasteiger partial charge in [0, 0.05) is 6.08 Å². The first-order valence-electron chi connectivity index (χ1n) is 8.45. The predicted molar refractivity (Wildman–Crippen MR) is 86.4 cm³/mol. The van der Waals surface area contributed by atoms with E-state index in [0.717, 1.165) is 12.5 Å². The highest BCUT2D eigenvalue weighted by Gasteiger charge is 2.36. The first-order chi connectivity index (χ1) is 10.2. The van der Waals surface area contributed by atoms with Crippen molar-refractivity contribution >= 4 is 5.97 Å². The molecule has 0 aliphatic carbocycles. The number of ether oxygens (including phenoxy) is 1. The smallest absolute Gasteiger partial charge is 0.328 e. The molecule has 0 aromatic rings. The van der Waals surface area contributed by atoms with Crippen molar-refractivity contribution in [2.24, 2.45) is 0 Å². The number of carboxylic acid groups (broad SMARTS) is 1. The van der Waals surface area contributed by atoms with Gasteiger partial charge in [-0.15, -0.1) is 0 Å². The molecule has 0 radical (unpaired) electrons. The van der Waals surface area contributed by atoms with E-state index < -0.39 is 5.97 Å². The van der Waals surface area contributed by atoms with Gasteiger partial charge in [-0.3, -0.25) is 0 Å². The van der Waals surface area contributed by atoms with Gasteiger partial charge in [-0.25, -0.2) is 4.79 Å². The van der Waals surface area contributed by atoms with Crippen molar-refractivity contribution in [2.75, 3.05) is 0 Å². The molecular formula is C18H30O3. The van der Waals surface area contributed by atoms with Crippen LogP contribution in [0.15, 0.2) is 24.3 Å². The molecule has 1 aliphatic rings. The van der Waals surface area contributed by atoms with Crippen LogP contribution in [0.5, 0.6) is 0 Å². The molecule has 1 heterocycles. The van der Waals surface area contributed by atoms with Crippen molar-refractivity contribution < 1.29 is 14.6 Å². The van der Waals surface area contributed by atoms with E-state index in [1.165, 1.54) is 57.8 Å². The van der Waals surface area contributed by atoms with Crippen LogP contribution in [0, 0.1) is 0 Å². The Morgan fingerprint density at radius 3 is 2.33 bits per heavy atom. The summed E-state index contributed by atoms with van der Waals surface area (Å²) < 4.78 is 5.69. The minimum Gasteiger partial charge on any atom is -0.478 e. The van der Waals surface area contributed by atoms with Crippen LogP contribution < -0.4 is 0 Å². The summed E-state index contributed by atoms with van der Waals surface area (Å²) in [5.74, 6) is -0.894. The highest BCUT2D eigenvalue weighted by Crippen LogP contribution is 2.31. The maximum absolute atomic E-state index is 10.2. The SMILES string of the molecule is CCCCCC1OC1CCCCCCC=CC=CC(=O)O. The molecule has 21 heavy (non-hydrogen) atoms. The molecule has 0 amide bonds. The van der Waals surface area contributed by atoms with E-state index in [0.29, 0.717) is 12.2 Å². The Labute approximate surface area is 129 Å². The van der Waals surface area contributed by atoms with Crippen molar-refractivity contribution in [1.29, 1.82) is 0 Å². The fraction of sp³-hybridized carbons (Fsp3) is 0.722. The van der Waals surface area contributed by atoms with Crippen molar-refractivity contribution in [1.82, 2.24) is 0 Å². The first-order valence-corrected chi connectivity index (χ1v) is 8.45. The van der Waals surface area contributed by atoms with Crippen LogP contribution in [-0.2, 0) is 9.53 Å². The third kappa shape index (κ3) is 10.3. The van der Waals surface area contributed by atoms with Gasteiger partial charge < -0.3 is 9.84 Å². The first kappa shape index (κ1) is 18.0. The second-order valence-corrected chi connectivity index (χ2v) is 5.83. The molecule has 120 valence electrons. The average Bonchev–Trinajstić information content (AvgIpc) is 3.19. The van der Waals surface area contributed by atoms with E-state index in [2.05, 4.69) is 6.92 Å². The normalized spacial score (nSPS) is 21.4. The zero-order valence-corrected chi connectivity index (χ0v) is 13.3. The van der Waals surface area contributed by atoms with E-state index in [4.69, 9.17) is 9.84 Å². The summed E-state index contributed by atoms with van der Waals surface area (Å²) in [5.41, 5.74) is 0. The zero-order valence-electron chi connectivity index (χ0n) is 13.3. The van der Waals surface area contributed by atoms with Gasteiger partial charge in [0.1, 0.15) is 0 Å². The zero-order chi connectivity index (χ0) is 15.3. The molecule has 1 fully saturated rings. The van der Waals surface area contributed by atoms with Gasteiger partial charge in [0.2, 0.25) is 0 Å². The van der Waals surface area contributed by atoms with Gasteiger partial charge in [0.05, 0.1) is 12.2 Å². The minimum absolute atomic E-state index is 0.558. The van der Waals surface area contributed by atoms with Crippen LogP contribution in [0.1, 0.15) is 71.1 Å². The lowest BCUT2D eigenvalue weighted by molar-refractivity contribution is -0.131. The molecule has 2 unspecified atom stereocenters. The van der Waals surface area contributed by atoms with Crippen LogP contribution in [0.3, 0.4) is 0 Å². The van der Waals surface area contributed by atoms with Crippen molar-refractivity contribution in [3.8, 4) is 0 Å². The van der Waals surface area contributed by atoms with E-state index in [9.17, 15) is 4.79 Å². The van der Waals surface area contributed by atoms with Crippen LogP contribution in [0.2, 0.25) is 0 Å². The second-order valence-electron chi connectivity index (χ2n) is 5.83. The molecule has 0 aromatic heterocycles. The molecule has 1 rings (SSSR count). The molecule has 3 nitrogen and oxygen atoms in total. The predicted octanol–water partition coefficient (Wildman–Crippen LogP) is 4.87. The maximum Gasteiger partial charge on any atom is 0.328 e. The summed E-state index contributed by atoms with van der Waals surface area (Å²) in [4.78, 5) is 10.2. The van der Waals surface area contributed by atoms with Gasteiger partial charge in [-0.1, -0.05) is 63.7 Å². The largest absolute Gasteiger partial charge is 0.478 e. The monoisotopic (exact) mass is 294 g/mol. The quantitative estimate of drug-likeness (QED) is 0.228. The maximum atomic E-state index is 10.2. The Bertz CT molecular complexity index is 333. The fourth-order valence-corrected chi connectivity index (χ4v) is 2.56. The summed E-state index contributed by atoms with van der Waals surface area (Å²) in [6, 6.07) is 0. The number of hydrogen-bond donors (Lipinski definition) is 1. The van der Waals surface area contributed by atoms with E-state index in [1.54, 1.807) is 6.08 Å². The van der Waals surface area contributed by atoms with E-state index in [-0.39, 0.29) is 0 Å². The molecule has 1 saturated heterocycles. The Balaban J connectivity index is 1.82. The van der Waals surface area contributed by atoms with Gasteiger partial charge in [-0.05, 0) is 25.7 Å². The number of allylic oxidation sites excluding steroid dienone is 3. The number of carbonyl (C=O) groups is 1. The number of unbranched alkanes of at least 4 members (excludes halogenated alkanes) is 6. The van der Waals surface area contributed by atoms with Crippen LogP contribution in [0.4, 0.5) is 0 Å². The van der Waals surface area contributed by atoms with E-state index in [1.807, 2.05) is 12.2 Å². The third-order valence-electron chi connectivity index (χ3n) is 3.88. The molecule has 0 aromatic carbocycles. The lowest BCUT2D eigenvalue weighted by Gasteiger charge is -1.98. The van der Waals surface area contributed by atoms with Gasteiger partial charge >= 0.3 is 5.97 Å². The molecule has 0 saturated carbocycles. The molecule has 0 bridgehead atoms. The summed E-state index contributed by atoms with van der Waals surface area (Å²) in [6.45, 7) is 2.24. The lowest BCUT2D eigenvalue weighted by atomic mass is 10.1. The number of epoxide rings is 1. The molecule has 3 heteroatoms. The number of rotatable bonds is 13. The number of aliphatic carboxylic acids is 1. The van der Waals surface area contributed by atoms with Crippen molar-refractivity contribution in [3.63, 3.8) is 0 Å². The average molecular weight is 294 g/mol. The summed E-state index contributed by atoms with van der Waals surface area (Å²) >= 11 is 0. The highest BCUT2D eigenvalue weighted by molar-refractivity contribution is 5.80. The highest BCUT2D eigenvalue weighted by atomic mass is 16.6. The van der Waals surface area contributed by atoms with Gasteiger partial charge in [0.15, 0.2) is 0 Å². The van der Waals surface area contributed by atoms with Crippen molar-refractivity contribution in [3.05, 3.63) is 24.3 Å². The molecular weight excluding hydrogens is 264 g/mol. The molecule has 2 atom stereocenters. The fourth-order valence-electron chi connectivity index (χ4n) is 2.56. The third-order valence-corrected chi connectivity index (χ3v) is 3.88. The number of hydrogen-bond acceptors (Lipinski definition) is 2. The van der Waals surface area contributed by atoms with Crippen molar-refractivity contribution in [2.45, 2.75) is 83.3 Å². The Morgan fingerprint density at radius 1 is 1.00 bits per heavy atom. The van der Waals surface area contributed by atoms with Crippen LogP contribution in [0.25, 0.3) is 0 Å². The van der Waals surface area contributed by atoms with Crippen LogP contribution in [-0.4, -0.2) is 23.3 Å². The van der Waals surface area contributed by atoms with Crippen LogP contribution >= 0.6 is 0 Å². The van der Waals surface area contributed by atoms with E-state index >= 15 is 0 Å². The molecule has 1 N–H and O–H groups in total. The lowest BCUT2D eigenvalue weighted by Crippen LogP contribution is -1.94. The Morgan fingerprint density at radius 2 is 1.67 bits per heavy atom. The Kier molecular flexibility index (Phi) is 9.88. The summed E-state index contributed by atoms with van der Waals surface area (Å²) in [7, 11) is 0. The second kappa shape index (κ2) is 11.6. The molecule has 0 spiro atoms.